The monoisotopic (exact) mass is 362 g/mol. The predicted octanol–water partition coefficient (Wildman–Crippen LogP) is 1.50. The van der Waals surface area contributed by atoms with Crippen molar-refractivity contribution in [3.05, 3.63) is 16.4 Å². The number of aryl methyl sites for hydroxylation is 1. The van der Waals surface area contributed by atoms with Gasteiger partial charge in [0.25, 0.3) is 0 Å². The Hall–Kier alpha value is -0.820. The molecule has 3 rings (SSSR count). The van der Waals surface area contributed by atoms with Crippen molar-refractivity contribution >= 4 is 29.9 Å². The third-order valence-corrected chi connectivity index (χ3v) is 5.17. The molecule has 2 fully saturated rings. The van der Waals surface area contributed by atoms with Crippen LogP contribution < -0.4 is 5.32 Å². The second-order valence-corrected chi connectivity index (χ2v) is 6.83. The van der Waals surface area contributed by atoms with Crippen LogP contribution in [0.3, 0.4) is 0 Å². The first kappa shape index (κ1) is 18.5. The molecule has 2 aliphatic rings. The van der Waals surface area contributed by atoms with Crippen LogP contribution in [0, 0.1) is 18.8 Å². The molecular weight excluding hydrogens is 339 g/mol. The molecule has 1 aromatic heterocycles. The summed E-state index contributed by atoms with van der Waals surface area (Å²) in [5.74, 6) is 1.16. The summed E-state index contributed by atoms with van der Waals surface area (Å²) >= 11 is 6.24. The molecular formula is C15H24Cl2N4O2. The Morgan fingerprint density at radius 2 is 2.22 bits per heavy atom. The van der Waals surface area contributed by atoms with E-state index in [1.165, 1.54) is 12.8 Å². The van der Waals surface area contributed by atoms with Crippen molar-refractivity contribution < 1.29 is 9.90 Å². The maximum absolute atomic E-state index is 11.8. The highest BCUT2D eigenvalue weighted by molar-refractivity contribution is 6.31. The van der Waals surface area contributed by atoms with Crippen molar-refractivity contribution in [3.63, 3.8) is 0 Å². The standard InChI is InChI=1S/C15H23ClN4O2.ClH/c1-9-15(16)13(19-18-9)8-20-6-11(10-2-3-10)12(7-20)17-14(22)4-5-21;/h10-12,21H,2-8H2,1H3,(H,17,22)(H,18,19);1H/t11-,12+;/m1./s1. The fraction of sp³-hybridized carbons (Fsp3) is 0.733. The average Bonchev–Trinajstić information content (AvgIpc) is 3.18. The highest BCUT2D eigenvalue weighted by Gasteiger charge is 2.43. The minimum absolute atomic E-state index is 0. The van der Waals surface area contributed by atoms with Gasteiger partial charge < -0.3 is 10.4 Å². The Bertz CT molecular complexity index is 548. The van der Waals surface area contributed by atoms with Crippen LogP contribution in [0.25, 0.3) is 0 Å². The molecule has 2 atom stereocenters. The number of aliphatic hydroxyl groups is 1. The van der Waals surface area contributed by atoms with E-state index in [1.54, 1.807) is 0 Å². The second-order valence-electron chi connectivity index (χ2n) is 6.45. The summed E-state index contributed by atoms with van der Waals surface area (Å²) in [6.07, 6.45) is 2.69. The number of carbonyl (C=O) groups is 1. The molecule has 23 heavy (non-hydrogen) atoms. The molecule has 1 aliphatic heterocycles. The minimum atomic E-state index is -0.0987. The van der Waals surface area contributed by atoms with Gasteiger partial charge in [0.15, 0.2) is 0 Å². The third kappa shape index (κ3) is 4.38. The summed E-state index contributed by atoms with van der Waals surface area (Å²) < 4.78 is 0. The van der Waals surface area contributed by atoms with E-state index in [2.05, 4.69) is 20.4 Å². The average molecular weight is 363 g/mol. The number of aromatic amines is 1. The Kier molecular flexibility index (Phi) is 6.31. The smallest absolute Gasteiger partial charge is 0.222 e. The highest BCUT2D eigenvalue weighted by atomic mass is 35.5. The summed E-state index contributed by atoms with van der Waals surface area (Å²) in [5, 5.41) is 19.8. The number of hydrogen-bond acceptors (Lipinski definition) is 4. The van der Waals surface area contributed by atoms with Gasteiger partial charge >= 0.3 is 0 Å². The van der Waals surface area contributed by atoms with Gasteiger partial charge in [-0.15, -0.1) is 12.4 Å². The van der Waals surface area contributed by atoms with Gasteiger partial charge in [-0.2, -0.15) is 5.10 Å². The van der Waals surface area contributed by atoms with E-state index in [0.29, 0.717) is 17.5 Å². The van der Waals surface area contributed by atoms with Crippen LogP contribution >= 0.6 is 24.0 Å². The first-order chi connectivity index (χ1) is 10.6. The van der Waals surface area contributed by atoms with Gasteiger partial charge in [0.05, 0.1) is 23.0 Å². The number of likely N-dealkylation sites (tertiary alicyclic amines) is 1. The lowest BCUT2D eigenvalue weighted by molar-refractivity contribution is -0.122. The zero-order chi connectivity index (χ0) is 15.7. The minimum Gasteiger partial charge on any atom is -0.396 e. The highest BCUT2D eigenvalue weighted by Crippen LogP contribution is 2.41. The number of H-pyrrole nitrogens is 1. The van der Waals surface area contributed by atoms with Gasteiger partial charge in [0.1, 0.15) is 0 Å². The molecule has 1 saturated heterocycles. The lowest BCUT2D eigenvalue weighted by atomic mass is 9.98. The van der Waals surface area contributed by atoms with Gasteiger partial charge in [-0.1, -0.05) is 11.6 Å². The van der Waals surface area contributed by atoms with Gasteiger partial charge in [0, 0.05) is 32.1 Å². The van der Waals surface area contributed by atoms with Crippen LogP contribution in [0.1, 0.15) is 30.7 Å². The van der Waals surface area contributed by atoms with Crippen molar-refractivity contribution in [2.75, 3.05) is 19.7 Å². The van der Waals surface area contributed by atoms with Gasteiger partial charge in [-0.3, -0.25) is 14.8 Å². The number of amides is 1. The number of halogens is 2. The molecule has 0 spiro atoms. The van der Waals surface area contributed by atoms with E-state index < -0.39 is 0 Å². The van der Waals surface area contributed by atoms with Crippen molar-refractivity contribution in [3.8, 4) is 0 Å². The maximum Gasteiger partial charge on any atom is 0.222 e. The van der Waals surface area contributed by atoms with Crippen LogP contribution in [0.2, 0.25) is 5.02 Å². The molecule has 8 heteroatoms. The molecule has 1 aliphatic carbocycles. The number of hydrogen-bond donors (Lipinski definition) is 3. The summed E-state index contributed by atoms with van der Waals surface area (Å²) in [5.41, 5.74) is 1.76. The fourth-order valence-corrected chi connectivity index (χ4v) is 3.50. The number of nitrogens with one attached hydrogen (secondary N) is 2. The zero-order valence-corrected chi connectivity index (χ0v) is 14.8. The summed E-state index contributed by atoms with van der Waals surface area (Å²) in [4.78, 5) is 14.1. The van der Waals surface area contributed by atoms with Crippen LogP contribution in [0.15, 0.2) is 0 Å². The van der Waals surface area contributed by atoms with E-state index >= 15 is 0 Å². The number of aliphatic hydroxyl groups excluding tert-OH is 1. The van der Waals surface area contributed by atoms with E-state index in [9.17, 15) is 4.79 Å². The van der Waals surface area contributed by atoms with Crippen LogP contribution in [-0.2, 0) is 11.3 Å². The molecule has 0 radical (unpaired) electrons. The molecule has 1 saturated carbocycles. The molecule has 6 nitrogen and oxygen atoms in total. The lowest BCUT2D eigenvalue weighted by Gasteiger charge is -2.19. The van der Waals surface area contributed by atoms with Crippen LogP contribution in [-0.4, -0.2) is 51.8 Å². The molecule has 0 aromatic carbocycles. The van der Waals surface area contributed by atoms with Gasteiger partial charge in [-0.05, 0) is 31.6 Å². The van der Waals surface area contributed by atoms with Crippen LogP contribution in [0.5, 0.6) is 0 Å². The number of nitrogens with zero attached hydrogens (tertiary/aromatic N) is 2. The van der Waals surface area contributed by atoms with Crippen molar-refractivity contribution in [2.45, 2.75) is 38.8 Å². The Balaban J connectivity index is 0.00000192. The topological polar surface area (TPSA) is 81.2 Å². The summed E-state index contributed by atoms with van der Waals surface area (Å²) in [7, 11) is 0. The second kappa shape index (κ2) is 7.83. The third-order valence-electron chi connectivity index (χ3n) is 4.67. The predicted molar refractivity (Wildman–Crippen MR) is 90.7 cm³/mol. The number of carbonyl (C=O) groups excluding carboxylic acids is 1. The van der Waals surface area contributed by atoms with Crippen LogP contribution in [0.4, 0.5) is 0 Å². The van der Waals surface area contributed by atoms with Gasteiger partial charge in [0.2, 0.25) is 5.91 Å². The zero-order valence-electron chi connectivity index (χ0n) is 13.2. The molecule has 0 unspecified atom stereocenters. The van der Waals surface area contributed by atoms with Crippen molar-refractivity contribution in [2.24, 2.45) is 11.8 Å². The molecule has 1 aromatic rings. The molecule has 0 bridgehead atoms. The Morgan fingerprint density at radius 1 is 1.48 bits per heavy atom. The number of rotatable bonds is 6. The Labute approximate surface area is 147 Å². The van der Waals surface area contributed by atoms with E-state index in [4.69, 9.17) is 16.7 Å². The van der Waals surface area contributed by atoms with E-state index in [-0.39, 0.29) is 37.4 Å². The Morgan fingerprint density at radius 3 is 2.78 bits per heavy atom. The van der Waals surface area contributed by atoms with E-state index in [0.717, 1.165) is 30.4 Å². The first-order valence-electron chi connectivity index (χ1n) is 7.90. The van der Waals surface area contributed by atoms with Gasteiger partial charge in [-0.25, -0.2) is 0 Å². The summed E-state index contributed by atoms with van der Waals surface area (Å²) in [6.45, 7) is 4.31. The lowest BCUT2D eigenvalue weighted by Crippen LogP contribution is -2.41. The quantitative estimate of drug-likeness (QED) is 0.716. The number of aromatic nitrogens is 2. The van der Waals surface area contributed by atoms with Crippen molar-refractivity contribution in [1.29, 1.82) is 0 Å². The SMILES string of the molecule is Cc1[nH]nc(CN2C[C@H](NC(=O)CCO)[C@@H](C3CC3)C2)c1Cl.Cl. The first-order valence-corrected chi connectivity index (χ1v) is 8.28. The molecule has 130 valence electrons. The van der Waals surface area contributed by atoms with E-state index in [1.807, 2.05) is 6.92 Å². The molecule has 1 amide bonds. The summed E-state index contributed by atoms with van der Waals surface area (Å²) in [6, 6.07) is 0.172. The molecule has 3 N–H and O–H groups in total. The largest absolute Gasteiger partial charge is 0.396 e. The van der Waals surface area contributed by atoms with Crippen molar-refractivity contribution in [1.82, 2.24) is 20.4 Å². The normalized spacial score (nSPS) is 24.5. The maximum atomic E-state index is 11.8. The molecule has 2 heterocycles. The fourth-order valence-electron chi connectivity index (χ4n) is 3.36.